The zero-order chi connectivity index (χ0) is 20.1. The summed E-state index contributed by atoms with van der Waals surface area (Å²) in [5.41, 5.74) is 3.59. The number of carbonyl (C=O) groups is 1. The molecule has 4 saturated carbocycles. The quantitative estimate of drug-likeness (QED) is 0.574. The molecule has 1 atom stereocenters. The third-order valence-electron chi connectivity index (χ3n) is 8.19. The van der Waals surface area contributed by atoms with Gasteiger partial charge >= 0.3 is 0 Å². The van der Waals surface area contributed by atoms with E-state index < -0.39 is 0 Å². The number of H-pyrrole nitrogens is 1. The molecule has 0 unspecified atom stereocenters. The van der Waals surface area contributed by atoms with Gasteiger partial charge in [-0.1, -0.05) is 48.5 Å². The minimum atomic E-state index is -0.0871. The highest BCUT2D eigenvalue weighted by Gasteiger charge is 2.54. The summed E-state index contributed by atoms with van der Waals surface area (Å²) >= 11 is 0. The maximum atomic E-state index is 13.5. The molecular weight excluding hydrogens is 368 g/mol. The van der Waals surface area contributed by atoms with E-state index in [0.29, 0.717) is 12.5 Å². The maximum Gasteiger partial charge on any atom is 0.226 e. The first-order chi connectivity index (χ1) is 14.7. The number of rotatable bonds is 5. The molecule has 4 bridgehead atoms. The van der Waals surface area contributed by atoms with Gasteiger partial charge in [-0.3, -0.25) is 4.79 Å². The van der Waals surface area contributed by atoms with Gasteiger partial charge in [0.2, 0.25) is 5.91 Å². The molecule has 2 N–H and O–H groups in total. The van der Waals surface area contributed by atoms with Crippen molar-refractivity contribution in [2.24, 2.45) is 23.2 Å². The van der Waals surface area contributed by atoms with Gasteiger partial charge in [-0.15, -0.1) is 0 Å². The summed E-state index contributed by atoms with van der Waals surface area (Å²) in [5.74, 6) is 2.85. The van der Waals surface area contributed by atoms with E-state index in [-0.39, 0.29) is 11.3 Å². The van der Waals surface area contributed by atoms with Crippen LogP contribution < -0.4 is 5.32 Å². The molecule has 0 spiro atoms. The summed E-state index contributed by atoms with van der Waals surface area (Å²) in [6, 6.07) is 19.1. The minimum Gasteiger partial charge on any atom is -0.361 e. The van der Waals surface area contributed by atoms with Gasteiger partial charge in [0, 0.05) is 35.0 Å². The number of aromatic amines is 1. The molecule has 1 amide bonds. The Balaban J connectivity index is 1.28. The largest absolute Gasteiger partial charge is 0.361 e. The summed E-state index contributed by atoms with van der Waals surface area (Å²) < 4.78 is 0. The highest BCUT2D eigenvalue weighted by Crippen LogP contribution is 2.60. The summed E-state index contributed by atoms with van der Waals surface area (Å²) in [5, 5.41) is 4.68. The van der Waals surface area contributed by atoms with Crippen LogP contribution in [0.4, 0.5) is 0 Å². The van der Waals surface area contributed by atoms with E-state index in [1.54, 1.807) is 0 Å². The molecule has 2 aromatic carbocycles. The van der Waals surface area contributed by atoms with Gasteiger partial charge in [0.1, 0.15) is 0 Å². The van der Waals surface area contributed by atoms with Gasteiger partial charge in [0.25, 0.3) is 0 Å². The monoisotopic (exact) mass is 398 g/mol. The van der Waals surface area contributed by atoms with Crippen molar-refractivity contribution in [2.45, 2.75) is 44.4 Å². The molecule has 30 heavy (non-hydrogen) atoms. The van der Waals surface area contributed by atoms with Crippen LogP contribution in [0.5, 0.6) is 0 Å². The second kappa shape index (κ2) is 7.01. The lowest BCUT2D eigenvalue weighted by molar-refractivity contribution is -0.146. The lowest BCUT2D eigenvalue weighted by Gasteiger charge is -2.55. The van der Waals surface area contributed by atoms with E-state index in [9.17, 15) is 4.79 Å². The zero-order valence-electron chi connectivity index (χ0n) is 17.4. The van der Waals surface area contributed by atoms with Gasteiger partial charge in [0.15, 0.2) is 0 Å². The second-order valence-electron chi connectivity index (χ2n) is 10.2. The molecular formula is C27H30N2O. The van der Waals surface area contributed by atoms with Crippen molar-refractivity contribution in [1.82, 2.24) is 10.3 Å². The Morgan fingerprint density at radius 2 is 1.57 bits per heavy atom. The van der Waals surface area contributed by atoms with Crippen molar-refractivity contribution in [3.8, 4) is 0 Å². The molecule has 0 radical (unpaired) electrons. The molecule has 4 fully saturated rings. The van der Waals surface area contributed by atoms with Crippen molar-refractivity contribution in [3.05, 3.63) is 71.9 Å². The van der Waals surface area contributed by atoms with Crippen LogP contribution >= 0.6 is 0 Å². The van der Waals surface area contributed by atoms with Crippen LogP contribution in [-0.2, 0) is 4.79 Å². The van der Waals surface area contributed by atoms with Crippen LogP contribution in [-0.4, -0.2) is 17.4 Å². The van der Waals surface area contributed by atoms with Crippen LogP contribution in [0, 0.1) is 23.2 Å². The van der Waals surface area contributed by atoms with Gasteiger partial charge in [-0.25, -0.2) is 0 Å². The SMILES string of the molecule is O=C(NC[C@@H](c1ccccc1)c1c[nH]c2ccccc12)C12CC3CC(CC(C3)C1)C2. The fourth-order valence-corrected chi connectivity index (χ4v) is 7.25. The van der Waals surface area contributed by atoms with E-state index in [4.69, 9.17) is 0 Å². The molecule has 3 heteroatoms. The summed E-state index contributed by atoms with van der Waals surface area (Å²) in [7, 11) is 0. The number of fused-ring (bicyclic) bond motifs is 1. The standard InChI is InChI=1S/C27H30N2O/c30-26(27-13-18-10-19(14-27)12-20(11-18)15-27)29-16-23(21-6-2-1-3-7-21)24-17-28-25-9-5-4-8-22(24)25/h1-9,17-20,23,28H,10-16H2,(H,29,30)/t18?,19?,20?,23-,27?/m0/s1. The number of hydrogen-bond donors (Lipinski definition) is 2. The topological polar surface area (TPSA) is 44.9 Å². The number of aromatic nitrogens is 1. The fraction of sp³-hybridized carbons (Fsp3) is 0.444. The molecule has 0 aliphatic heterocycles. The lowest BCUT2D eigenvalue weighted by Crippen LogP contribution is -2.54. The van der Waals surface area contributed by atoms with Gasteiger partial charge < -0.3 is 10.3 Å². The van der Waals surface area contributed by atoms with Gasteiger partial charge in [-0.05, 0) is 73.5 Å². The van der Waals surface area contributed by atoms with Gasteiger partial charge in [-0.2, -0.15) is 0 Å². The predicted molar refractivity (Wildman–Crippen MR) is 120 cm³/mol. The van der Waals surface area contributed by atoms with Crippen LogP contribution in [0.25, 0.3) is 10.9 Å². The molecule has 1 heterocycles. The number of amides is 1. The number of carbonyl (C=O) groups excluding carboxylic acids is 1. The van der Waals surface area contributed by atoms with Gasteiger partial charge in [0.05, 0.1) is 0 Å². The molecule has 3 aromatic rings. The van der Waals surface area contributed by atoms with Crippen LogP contribution in [0.2, 0.25) is 0 Å². The first-order valence-corrected chi connectivity index (χ1v) is 11.6. The van der Waals surface area contributed by atoms with E-state index in [0.717, 1.165) is 42.5 Å². The Hall–Kier alpha value is -2.55. The Morgan fingerprint density at radius 3 is 2.27 bits per heavy atom. The third-order valence-corrected chi connectivity index (χ3v) is 8.19. The molecule has 1 aromatic heterocycles. The van der Waals surface area contributed by atoms with E-state index in [1.165, 1.54) is 35.8 Å². The first kappa shape index (κ1) is 18.2. The van der Waals surface area contributed by atoms with Crippen molar-refractivity contribution < 1.29 is 4.79 Å². The summed E-state index contributed by atoms with van der Waals surface area (Å²) in [4.78, 5) is 17.0. The van der Waals surface area contributed by atoms with Crippen molar-refractivity contribution in [3.63, 3.8) is 0 Å². The molecule has 0 saturated heterocycles. The molecule has 4 aliphatic carbocycles. The Kier molecular flexibility index (Phi) is 4.26. The Morgan fingerprint density at radius 1 is 0.933 bits per heavy atom. The smallest absolute Gasteiger partial charge is 0.226 e. The molecule has 3 nitrogen and oxygen atoms in total. The number of benzene rings is 2. The minimum absolute atomic E-state index is 0.0871. The van der Waals surface area contributed by atoms with E-state index in [1.807, 2.05) is 0 Å². The van der Waals surface area contributed by atoms with Crippen LogP contribution in [0.1, 0.15) is 55.6 Å². The number of nitrogens with one attached hydrogen (secondary N) is 2. The zero-order valence-corrected chi connectivity index (χ0v) is 17.4. The Bertz CT molecular complexity index is 1030. The first-order valence-electron chi connectivity index (χ1n) is 11.6. The Labute approximate surface area is 178 Å². The number of para-hydroxylation sites is 1. The van der Waals surface area contributed by atoms with Crippen molar-refractivity contribution in [1.29, 1.82) is 0 Å². The summed E-state index contributed by atoms with van der Waals surface area (Å²) in [6.07, 6.45) is 9.59. The fourth-order valence-electron chi connectivity index (χ4n) is 7.25. The lowest BCUT2D eigenvalue weighted by atomic mass is 9.49. The van der Waals surface area contributed by atoms with Crippen LogP contribution in [0.15, 0.2) is 60.8 Å². The van der Waals surface area contributed by atoms with E-state index >= 15 is 0 Å². The average Bonchev–Trinajstić information content (AvgIpc) is 3.18. The average molecular weight is 399 g/mol. The normalized spacial score (nSPS) is 30.5. The predicted octanol–water partition coefficient (Wildman–Crippen LogP) is 5.63. The molecule has 154 valence electrons. The highest BCUT2D eigenvalue weighted by molar-refractivity contribution is 5.85. The van der Waals surface area contributed by atoms with Crippen molar-refractivity contribution in [2.75, 3.05) is 6.54 Å². The maximum absolute atomic E-state index is 13.5. The second-order valence-corrected chi connectivity index (χ2v) is 10.2. The summed E-state index contributed by atoms with van der Waals surface area (Å²) in [6.45, 7) is 0.659. The van der Waals surface area contributed by atoms with E-state index in [2.05, 4.69) is 71.1 Å². The number of hydrogen-bond acceptors (Lipinski definition) is 1. The highest BCUT2D eigenvalue weighted by atomic mass is 16.2. The van der Waals surface area contributed by atoms with Crippen molar-refractivity contribution >= 4 is 16.8 Å². The third kappa shape index (κ3) is 2.98. The van der Waals surface area contributed by atoms with Crippen LogP contribution in [0.3, 0.4) is 0 Å². The molecule has 4 aliphatic rings. The molecule has 7 rings (SSSR count).